The third-order valence-electron chi connectivity index (χ3n) is 8.84. The molecule has 8 aromatic rings. The Labute approximate surface area is 307 Å². The number of ether oxygens (including phenoxy) is 4. The van der Waals surface area contributed by atoms with E-state index in [9.17, 15) is 0 Å². The number of hydrogen-bond donors (Lipinski definition) is 0. The van der Waals surface area contributed by atoms with Crippen LogP contribution in [-0.2, 0) is 0 Å². The average molecular weight is 700 g/mol. The number of fused-ring (bicyclic) bond motifs is 3. The first-order valence-corrected chi connectivity index (χ1v) is 17.6. The molecule has 0 N–H and O–H groups in total. The average Bonchev–Trinajstić information content (AvgIpc) is 3.48. The van der Waals surface area contributed by atoms with Gasteiger partial charge in [0.1, 0.15) is 34.5 Å². The Hall–Kier alpha value is -6.74. The van der Waals surface area contributed by atoms with Crippen molar-refractivity contribution in [3.8, 4) is 52.2 Å². The van der Waals surface area contributed by atoms with Crippen LogP contribution in [0, 0.1) is 0 Å². The largest absolute Gasteiger partial charge is 0.457 e. The molecule has 0 atom stereocenters. The van der Waals surface area contributed by atoms with E-state index in [1.165, 1.54) is 0 Å². The van der Waals surface area contributed by atoms with Crippen molar-refractivity contribution in [3.05, 3.63) is 151 Å². The zero-order chi connectivity index (χ0) is 36.3. The molecule has 53 heavy (non-hydrogen) atoms. The van der Waals surface area contributed by atoms with Crippen LogP contribution in [0.3, 0.4) is 0 Å². The molecular weight excluding hydrogens is 663 g/mol. The van der Waals surface area contributed by atoms with Crippen molar-refractivity contribution < 1.29 is 18.9 Å². The van der Waals surface area contributed by atoms with Gasteiger partial charge in [-0.15, -0.1) is 0 Å². The van der Waals surface area contributed by atoms with E-state index in [-0.39, 0.29) is 0 Å². The van der Waals surface area contributed by atoms with E-state index >= 15 is 0 Å². The van der Waals surface area contributed by atoms with Crippen molar-refractivity contribution in [2.24, 2.45) is 0 Å². The number of nitrogens with zero attached hydrogens (tertiary/aromatic N) is 5. The minimum Gasteiger partial charge on any atom is -0.457 e. The molecule has 0 aliphatic heterocycles. The van der Waals surface area contributed by atoms with Crippen molar-refractivity contribution in [2.75, 3.05) is 0 Å². The van der Waals surface area contributed by atoms with Crippen molar-refractivity contribution in [3.63, 3.8) is 0 Å². The second kappa shape index (κ2) is 14.5. The molecule has 0 aliphatic carbocycles. The molecule has 0 unspecified atom stereocenters. The lowest BCUT2D eigenvalue weighted by Gasteiger charge is -2.11. The number of benzene rings is 4. The van der Waals surface area contributed by atoms with Crippen LogP contribution in [-0.4, -0.2) is 24.5 Å². The molecule has 0 aliphatic rings. The smallest absolute Gasteiger partial charge is 0.234 e. The highest BCUT2D eigenvalue weighted by molar-refractivity contribution is 6.09. The lowest BCUT2D eigenvalue weighted by molar-refractivity contribution is 0.448. The van der Waals surface area contributed by atoms with E-state index < -0.39 is 0 Å². The van der Waals surface area contributed by atoms with Crippen LogP contribution >= 0.6 is 0 Å². The fraction of sp³-hybridized carbons (Fsp3) is 0.136. The topological polar surface area (TPSA) is 93.4 Å². The van der Waals surface area contributed by atoms with Crippen LogP contribution in [0.2, 0.25) is 0 Å². The maximum absolute atomic E-state index is 6.39. The normalized spacial score (nSPS) is 11.4. The first-order valence-electron chi connectivity index (χ1n) is 17.6. The zero-order valence-electron chi connectivity index (χ0n) is 29.8. The maximum atomic E-state index is 6.39. The van der Waals surface area contributed by atoms with E-state index in [1.54, 1.807) is 30.9 Å². The van der Waals surface area contributed by atoms with Gasteiger partial charge in [-0.05, 0) is 89.7 Å². The zero-order valence-corrected chi connectivity index (χ0v) is 29.8. The molecule has 4 aromatic carbocycles. The Morgan fingerprint density at radius 1 is 0.415 bits per heavy atom. The maximum Gasteiger partial charge on any atom is 0.234 e. The summed E-state index contributed by atoms with van der Waals surface area (Å²) < 4.78 is 27.0. The van der Waals surface area contributed by atoms with Gasteiger partial charge in [-0.25, -0.2) is 19.9 Å². The third-order valence-corrected chi connectivity index (χ3v) is 8.84. The van der Waals surface area contributed by atoms with Crippen molar-refractivity contribution >= 4 is 21.8 Å². The van der Waals surface area contributed by atoms with Gasteiger partial charge in [-0.1, -0.05) is 39.8 Å². The summed E-state index contributed by atoms with van der Waals surface area (Å²) in [4.78, 5) is 18.0. The Morgan fingerprint density at radius 3 is 1.30 bits per heavy atom. The summed E-state index contributed by atoms with van der Waals surface area (Å²) in [5, 5.41) is 2.04. The van der Waals surface area contributed by atoms with Crippen molar-refractivity contribution in [1.29, 1.82) is 0 Å². The van der Waals surface area contributed by atoms with Gasteiger partial charge in [0, 0.05) is 72.0 Å². The number of rotatable bonds is 11. The molecule has 0 saturated carbocycles. The van der Waals surface area contributed by atoms with Gasteiger partial charge in [0.05, 0.1) is 11.0 Å². The minimum atomic E-state index is 0.370. The molecule has 9 nitrogen and oxygen atoms in total. The van der Waals surface area contributed by atoms with Gasteiger partial charge >= 0.3 is 0 Å². The molecule has 9 heteroatoms. The Morgan fingerprint density at radius 2 is 0.849 bits per heavy atom. The molecule has 262 valence electrons. The first-order chi connectivity index (χ1) is 25.9. The second-order valence-electron chi connectivity index (χ2n) is 13.3. The van der Waals surface area contributed by atoms with Crippen molar-refractivity contribution in [1.82, 2.24) is 24.5 Å². The summed E-state index contributed by atoms with van der Waals surface area (Å²) in [5.74, 6) is 6.16. The van der Waals surface area contributed by atoms with Gasteiger partial charge in [-0.3, -0.25) is 4.57 Å². The molecular formula is C44H37N5O4. The van der Waals surface area contributed by atoms with Gasteiger partial charge in [0.2, 0.25) is 17.7 Å². The van der Waals surface area contributed by atoms with Gasteiger partial charge in [0.15, 0.2) is 0 Å². The first kappa shape index (κ1) is 33.4. The van der Waals surface area contributed by atoms with E-state index in [4.69, 9.17) is 18.9 Å². The van der Waals surface area contributed by atoms with Gasteiger partial charge in [0.25, 0.3) is 0 Å². The summed E-state index contributed by atoms with van der Waals surface area (Å²) in [6.07, 6.45) is 7.00. The van der Waals surface area contributed by atoms with Crippen LogP contribution in [0.4, 0.5) is 0 Å². The molecule has 0 radical (unpaired) electrons. The molecule has 0 fully saturated rings. The SMILES string of the molecule is CC(C)c1ccnc(Oc2cccc(Oc3ccc4c5ccc(Oc6cccc(Oc7cc(C(C)C)ccn7)c6)cc5n(-c5ncccn5)c4c3)c2)c1. The summed E-state index contributed by atoms with van der Waals surface area (Å²) in [5.41, 5.74) is 4.09. The van der Waals surface area contributed by atoms with Gasteiger partial charge in [-0.2, -0.15) is 0 Å². The molecule has 8 rings (SSSR count). The second-order valence-corrected chi connectivity index (χ2v) is 13.3. The third kappa shape index (κ3) is 7.36. The van der Waals surface area contributed by atoms with Crippen LogP contribution in [0.15, 0.2) is 140 Å². The lowest BCUT2D eigenvalue weighted by atomic mass is 10.1. The quantitative estimate of drug-likeness (QED) is 0.132. The highest BCUT2D eigenvalue weighted by atomic mass is 16.5. The predicted octanol–water partition coefficient (Wildman–Crippen LogP) is 11.8. The highest BCUT2D eigenvalue weighted by Crippen LogP contribution is 2.38. The molecule has 0 bridgehead atoms. The molecule has 0 spiro atoms. The fourth-order valence-corrected chi connectivity index (χ4v) is 6.12. The molecule has 4 aromatic heterocycles. The Balaban J connectivity index is 1.09. The van der Waals surface area contributed by atoms with Crippen LogP contribution < -0.4 is 18.9 Å². The summed E-state index contributed by atoms with van der Waals surface area (Å²) in [6, 6.07) is 36.8. The van der Waals surface area contributed by atoms with Crippen LogP contribution in [0.1, 0.15) is 50.7 Å². The van der Waals surface area contributed by atoms with Crippen LogP contribution in [0.5, 0.6) is 46.3 Å². The predicted molar refractivity (Wildman–Crippen MR) is 206 cm³/mol. The van der Waals surface area contributed by atoms with E-state index in [1.807, 2.05) is 102 Å². The monoisotopic (exact) mass is 699 g/mol. The number of hydrogen-bond acceptors (Lipinski definition) is 8. The fourth-order valence-electron chi connectivity index (χ4n) is 6.12. The Bertz CT molecular complexity index is 2390. The molecule has 4 heterocycles. The van der Waals surface area contributed by atoms with Crippen molar-refractivity contribution in [2.45, 2.75) is 39.5 Å². The number of pyridine rings is 2. The molecule has 0 amide bonds. The van der Waals surface area contributed by atoms with Gasteiger partial charge < -0.3 is 18.9 Å². The standard InChI is InChI=1S/C44H37N5O4/c1-28(2)30-16-20-45-42(22-30)52-34-10-5-8-32(24-34)50-36-12-14-38-39-15-13-37(27-41(39)49(40(38)26-36)44-47-18-7-19-48-44)51-33-9-6-11-35(25-33)53-43-23-31(29(3)4)17-21-46-43/h5-29H,1-4H3. The molecule has 0 saturated heterocycles. The number of aromatic nitrogens is 5. The highest BCUT2D eigenvalue weighted by Gasteiger charge is 2.17. The van der Waals surface area contributed by atoms with E-state index in [0.717, 1.165) is 32.9 Å². The summed E-state index contributed by atoms with van der Waals surface area (Å²) >= 11 is 0. The van der Waals surface area contributed by atoms with Crippen LogP contribution in [0.25, 0.3) is 27.8 Å². The Kier molecular flexibility index (Phi) is 9.12. The lowest BCUT2D eigenvalue weighted by Crippen LogP contribution is -2.00. The van der Waals surface area contributed by atoms with E-state index in [2.05, 4.69) is 59.8 Å². The summed E-state index contributed by atoms with van der Waals surface area (Å²) in [7, 11) is 0. The van der Waals surface area contributed by atoms with E-state index in [0.29, 0.717) is 64.0 Å². The summed E-state index contributed by atoms with van der Waals surface area (Å²) in [6.45, 7) is 8.57. The minimum absolute atomic E-state index is 0.370.